The maximum absolute atomic E-state index is 4.69. The van der Waals surface area contributed by atoms with Gasteiger partial charge >= 0.3 is 0 Å². The fourth-order valence-corrected chi connectivity index (χ4v) is 4.57. The van der Waals surface area contributed by atoms with Crippen molar-refractivity contribution in [2.24, 2.45) is 0 Å². The molecule has 0 aliphatic carbocycles. The molecule has 1 atom stereocenters. The van der Waals surface area contributed by atoms with Crippen molar-refractivity contribution < 1.29 is 0 Å². The first kappa shape index (κ1) is 17.9. The maximum Gasteiger partial charge on any atom is 0.123 e. The second-order valence-corrected chi connectivity index (χ2v) is 7.77. The number of fused-ring (bicyclic) bond motifs is 1. The van der Waals surface area contributed by atoms with E-state index in [2.05, 4.69) is 112 Å². The van der Waals surface area contributed by atoms with Gasteiger partial charge in [0.2, 0.25) is 0 Å². The van der Waals surface area contributed by atoms with Crippen LogP contribution < -0.4 is 0 Å². The van der Waals surface area contributed by atoms with Gasteiger partial charge < -0.3 is 4.57 Å². The van der Waals surface area contributed by atoms with E-state index in [0.29, 0.717) is 6.04 Å². The van der Waals surface area contributed by atoms with E-state index in [1.807, 2.05) is 6.20 Å². The number of hydrogen-bond donors (Lipinski definition) is 0. The lowest BCUT2D eigenvalue weighted by molar-refractivity contribution is 0.164. The first-order valence-electron chi connectivity index (χ1n) is 10.3. The Labute approximate surface area is 172 Å². The molecule has 3 nitrogen and oxygen atoms in total. The number of aromatic nitrogens is 2. The molecule has 1 unspecified atom stereocenters. The van der Waals surface area contributed by atoms with Crippen LogP contribution in [0.1, 0.15) is 34.5 Å². The first-order valence-corrected chi connectivity index (χ1v) is 10.3. The summed E-state index contributed by atoms with van der Waals surface area (Å²) in [5.74, 6) is 1.43. The third-order valence-electron chi connectivity index (χ3n) is 5.87. The van der Waals surface area contributed by atoms with Crippen LogP contribution >= 0.6 is 0 Å². The number of imidazole rings is 1. The average Bonchev–Trinajstić information content (AvgIpc) is 3.25. The van der Waals surface area contributed by atoms with Crippen molar-refractivity contribution in [2.75, 3.05) is 6.54 Å². The summed E-state index contributed by atoms with van der Waals surface area (Å²) in [7, 11) is 0. The molecule has 0 saturated heterocycles. The molecule has 0 fully saturated rings. The molecule has 5 rings (SSSR count). The van der Waals surface area contributed by atoms with Crippen molar-refractivity contribution >= 4 is 0 Å². The van der Waals surface area contributed by atoms with Crippen molar-refractivity contribution in [1.29, 1.82) is 0 Å². The second-order valence-electron chi connectivity index (χ2n) is 7.77. The van der Waals surface area contributed by atoms with Crippen LogP contribution in [-0.2, 0) is 13.1 Å². The van der Waals surface area contributed by atoms with E-state index in [-0.39, 0.29) is 5.92 Å². The summed E-state index contributed by atoms with van der Waals surface area (Å²) in [4.78, 5) is 7.22. The number of hydrogen-bond acceptors (Lipinski definition) is 2. The number of nitrogens with zero attached hydrogens (tertiary/aromatic N) is 3. The molecule has 1 aliphatic rings. The van der Waals surface area contributed by atoms with E-state index in [9.17, 15) is 0 Å². The zero-order valence-electron chi connectivity index (χ0n) is 16.4. The summed E-state index contributed by atoms with van der Waals surface area (Å²) in [5, 5.41) is 0. The summed E-state index contributed by atoms with van der Waals surface area (Å²) >= 11 is 0. The van der Waals surface area contributed by atoms with Crippen LogP contribution in [0.5, 0.6) is 0 Å². The minimum atomic E-state index is 0.281. The summed E-state index contributed by atoms with van der Waals surface area (Å²) < 4.78 is 2.40. The lowest BCUT2D eigenvalue weighted by Gasteiger charge is -2.39. The molecular formula is C26H25N3. The highest BCUT2D eigenvalue weighted by Gasteiger charge is 2.33. The van der Waals surface area contributed by atoms with E-state index in [0.717, 1.165) is 25.5 Å². The average molecular weight is 380 g/mol. The van der Waals surface area contributed by atoms with Gasteiger partial charge in [-0.25, -0.2) is 4.98 Å². The van der Waals surface area contributed by atoms with Crippen LogP contribution in [0.4, 0.5) is 0 Å². The second kappa shape index (κ2) is 8.06. The normalized spacial score (nSPS) is 16.7. The van der Waals surface area contributed by atoms with Gasteiger partial charge in [-0.05, 0) is 16.7 Å². The Bertz CT molecular complexity index is 1000. The van der Waals surface area contributed by atoms with E-state index in [1.165, 1.54) is 16.7 Å². The molecule has 3 aromatic carbocycles. The molecule has 2 heterocycles. The molecule has 0 amide bonds. The van der Waals surface area contributed by atoms with Crippen molar-refractivity contribution in [3.05, 3.63) is 126 Å². The Morgan fingerprint density at radius 1 is 0.793 bits per heavy atom. The number of benzene rings is 3. The van der Waals surface area contributed by atoms with E-state index >= 15 is 0 Å². The monoisotopic (exact) mass is 379 g/mol. The highest BCUT2D eigenvalue weighted by atomic mass is 15.3. The Morgan fingerprint density at radius 3 is 2.00 bits per heavy atom. The lowest BCUT2D eigenvalue weighted by Crippen LogP contribution is -2.39. The van der Waals surface area contributed by atoms with Gasteiger partial charge in [0.15, 0.2) is 0 Å². The van der Waals surface area contributed by atoms with Gasteiger partial charge in [-0.3, -0.25) is 4.90 Å². The van der Waals surface area contributed by atoms with Gasteiger partial charge in [0, 0.05) is 31.4 Å². The van der Waals surface area contributed by atoms with Crippen LogP contribution in [0.25, 0.3) is 0 Å². The van der Waals surface area contributed by atoms with Gasteiger partial charge in [-0.2, -0.15) is 0 Å². The van der Waals surface area contributed by atoms with Gasteiger partial charge in [-0.1, -0.05) is 91.0 Å². The molecule has 1 aliphatic heterocycles. The van der Waals surface area contributed by atoms with Gasteiger partial charge in [-0.15, -0.1) is 0 Å². The summed E-state index contributed by atoms with van der Waals surface area (Å²) in [6, 6.07) is 32.8. The fraction of sp³-hybridized carbons (Fsp3) is 0.192. The molecule has 0 N–H and O–H groups in total. The fourth-order valence-electron chi connectivity index (χ4n) is 4.57. The molecule has 29 heavy (non-hydrogen) atoms. The summed E-state index contributed by atoms with van der Waals surface area (Å²) in [5.41, 5.74) is 4.05. The SMILES string of the molecule is c1ccc(CN2Cc3nccn3C(C(c3ccccc3)c3ccccc3)C2)cc1. The Hall–Kier alpha value is -3.17. The third kappa shape index (κ3) is 3.74. The highest BCUT2D eigenvalue weighted by Crippen LogP contribution is 2.38. The smallest absolute Gasteiger partial charge is 0.123 e. The topological polar surface area (TPSA) is 21.1 Å². The zero-order chi connectivity index (χ0) is 19.5. The van der Waals surface area contributed by atoms with Gasteiger partial charge in [0.1, 0.15) is 5.82 Å². The predicted molar refractivity (Wildman–Crippen MR) is 117 cm³/mol. The Balaban J connectivity index is 1.54. The van der Waals surface area contributed by atoms with Crippen LogP contribution in [0.3, 0.4) is 0 Å². The molecule has 4 aromatic rings. The molecule has 3 heteroatoms. The quantitative estimate of drug-likeness (QED) is 0.471. The van der Waals surface area contributed by atoms with Gasteiger partial charge in [0.05, 0.1) is 12.6 Å². The Kier molecular flexibility index (Phi) is 4.97. The van der Waals surface area contributed by atoms with Crippen molar-refractivity contribution in [3.8, 4) is 0 Å². The zero-order valence-corrected chi connectivity index (χ0v) is 16.4. The molecule has 1 aromatic heterocycles. The minimum Gasteiger partial charge on any atom is -0.329 e. The van der Waals surface area contributed by atoms with Crippen molar-refractivity contribution in [2.45, 2.75) is 25.0 Å². The molecular weight excluding hydrogens is 354 g/mol. The van der Waals surface area contributed by atoms with Crippen LogP contribution in [-0.4, -0.2) is 21.0 Å². The minimum absolute atomic E-state index is 0.281. The van der Waals surface area contributed by atoms with E-state index < -0.39 is 0 Å². The van der Waals surface area contributed by atoms with Crippen molar-refractivity contribution in [1.82, 2.24) is 14.5 Å². The summed E-state index contributed by atoms with van der Waals surface area (Å²) in [6.45, 7) is 2.82. The molecule has 144 valence electrons. The third-order valence-corrected chi connectivity index (χ3v) is 5.87. The Morgan fingerprint density at radius 2 is 1.38 bits per heavy atom. The molecule has 0 bridgehead atoms. The first-order chi connectivity index (χ1) is 14.4. The standard InChI is InChI=1S/C26H25N3/c1-4-10-21(11-5-1)18-28-19-24(29-17-16-27-25(29)20-28)26(22-12-6-2-7-13-22)23-14-8-3-9-15-23/h1-17,24,26H,18-20H2. The van der Waals surface area contributed by atoms with Crippen LogP contribution in [0.15, 0.2) is 103 Å². The van der Waals surface area contributed by atoms with Crippen LogP contribution in [0, 0.1) is 0 Å². The highest BCUT2D eigenvalue weighted by molar-refractivity contribution is 5.35. The van der Waals surface area contributed by atoms with Gasteiger partial charge in [0.25, 0.3) is 0 Å². The molecule has 0 saturated carbocycles. The largest absolute Gasteiger partial charge is 0.329 e. The predicted octanol–water partition coefficient (Wildman–Crippen LogP) is 5.27. The van der Waals surface area contributed by atoms with Crippen LogP contribution in [0.2, 0.25) is 0 Å². The lowest BCUT2D eigenvalue weighted by atomic mass is 9.84. The maximum atomic E-state index is 4.69. The molecule has 0 spiro atoms. The van der Waals surface area contributed by atoms with E-state index in [1.54, 1.807) is 0 Å². The van der Waals surface area contributed by atoms with Crippen molar-refractivity contribution in [3.63, 3.8) is 0 Å². The van der Waals surface area contributed by atoms with E-state index in [4.69, 9.17) is 0 Å². The molecule has 0 radical (unpaired) electrons. The summed E-state index contributed by atoms with van der Waals surface area (Å²) in [6.07, 6.45) is 4.10. The number of rotatable bonds is 5.